The minimum absolute atomic E-state index is 0.0833. The van der Waals surface area contributed by atoms with Gasteiger partial charge < -0.3 is 9.84 Å². The van der Waals surface area contributed by atoms with Crippen molar-refractivity contribution < 1.29 is 14.2 Å². The molecule has 2 unspecified atom stereocenters. The first-order valence-electron chi connectivity index (χ1n) is 5.09. The molecule has 2 atom stereocenters. The second-order valence-corrected chi connectivity index (χ2v) is 4.27. The van der Waals surface area contributed by atoms with Crippen LogP contribution in [-0.2, 0) is 5.41 Å². The van der Waals surface area contributed by atoms with Crippen molar-refractivity contribution in [2.45, 2.75) is 18.8 Å². The van der Waals surface area contributed by atoms with Crippen LogP contribution in [0.1, 0.15) is 18.9 Å². The molecule has 0 aromatic heterocycles. The fourth-order valence-electron chi connectivity index (χ4n) is 2.18. The van der Waals surface area contributed by atoms with E-state index >= 15 is 0 Å². The molecule has 1 aliphatic rings. The molecular formula is C12H15FO2. The monoisotopic (exact) mass is 210 g/mol. The van der Waals surface area contributed by atoms with E-state index in [2.05, 4.69) is 6.92 Å². The molecule has 1 N–H and O–H groups in total. The topological polar surface area (TPSA) is 29.5 Å². The molecule has 15 heavy (non-hydrogen) atoms. The highest BCUT2D eigenvalue weighted by molar-refractivity contribution is 5.38. The number of hydrogen-bond donors (Lipinski definition) is 1. The fraction of sp³-hybridized carbons (Fsp3) is 0.500. The van der Waals surface area contributed by atoms with E-state index in [1.54, 1.807) is 6.07 Å². The second kappa shape index (κ2) is 3.49. The Morgan fingerprint density at radius 2 is 2.27 bits per heavy atom. The van der Waals surface area contributed by atoms with Gasteiger partial charge in [0.2, 0.25) is 0 Å². The van der Waals surface area contributed by atoms with E-state index in [9.17, 15) is 9.50 Å². The van der Waals surface area contributed by atoms with Crippen LogP contribution in [0.3, 0.4) is 0 Å². The molecule has 3 heteroatoms. The fourth-order valence-corrected chi connectivity index (χ4v) is 2.18. The molecule has 1 aromatic rings. The first-order valence-corrected chi connectivity index (χ1v) is 5.09. The van der Waals surface area contributed by atoms with E-state index in [0.29, 0.717) is 5.92 Å². The minimum atomic E-state index is -0.359. The van der Waals surface area contributed by atoms with Gasteiger partial charge in [-0.15, -0.1) is 0 Å². The van der Waals surface area contributed by atoms with Crippen LogP contribution < -0.4 is 4.74 Å². The van der Waals surface area contributed by atoms with Gasteiger partial charge in [0.15, 0.2) is 11.6 Å². The van der Waals surface area contributed by atoms with Crippen molar-refractivity contribution in [1.29, 1.82) is 0 Å². The molecule has 0 saturated heterocycles. The smallest absolute Gasteiger partial charge is 0.165 e. The third kappa shape index (κ3) is 1.51. The molecular weight excluding hydrogens is 195 g/mol. The molecule has 82 valence electrons. The largest absolute Gasteiger partial charge is 0.494 e. The van der Waals surface area contributed by atoms with Crippen LogP contribution in [-0.4, -0.2) is 18.8 Å². The quantitative estimate of drug-likeness (QED) is 0.827. The van der Waals surface area contributed by atoms with Crippen molar-refractivity contribution in [2.24, 2.45) is 5.92 Å². The SMILES string of the molecule is COc1ccc(C2(CO)CC2C)cc1F. The molecule has 2 nitrogen and oxygen atoms in total. The summed E-state index contributed by atoms with van der Waals surface area (Å²) in [6.45, 7) is 2.15. The maximum Gasteiger partial charge on any atom is 0.165 e. The highest BCUT2D eigenvalue weighted by Crippen LogP contribution is 2.53. The molecule has 0 heterocycles. The van der Waals surface area contributed by atoms with Gasteiger partial charge in [-0.25, -0.2) is 4.39 Å². The molecule has 2 rings (SSSR count). The third-order valence-corrected chi connectivity index (χ3v) is 3.46. The predicted octanol–water partition coefficient (Wildman–Crippen LogP) is 2.10. The summed E-state index contributed by atoms with van der Waals surface area (Å²) < 4.78 is 18.3. The number of rotatable bonds is 3. The summed E-state index contributed by atoms with van der Waals surface area (Å²) in [5, 5.41) is 9.34. The van der Waals surface area contributed by atoms with Crippen LogP contribution in [0.2, 0.25) is 0 Å². The lowest BCUT2D eigenvalue weighted by Crippen LogP contribution is -2.15. The van der Waals surface area contributed by atoms with E-state index in [-0.39, 0.29) is 23.6 Å². The Hall–Kier alpha value is -1.09. The van der Waals surface area contributed by atoms with Gasteiger partial charge in [-0.1, -0.05) is 13.0 Å². The third-order valence-electron chi connectivity index (χ3n) is 3.46. The van der Waals surface area contributed by atoms with E-state index in [1.165, 1.54) is 13.2 Å². The Bertz CT molecular complexity index is 374. The van der Waals surface area contributed by atoms with E-state index in [4.69, 9.17) is 4.74 Å². The molecule has 0 spiro atoms. The van der Waals surface area contributed by atoms with Gasteiger partial charge in [-0.2, -0.15) is 0 Å². The molecule has 0 bridgehead atoms. The van der Waals surface area contributed by atoms with Gasteiger partial charge >= 0.3 is 0 Å². The Balaban J connectivity index is 2.35. The van der Waals surface area contributed by atoms with Crippen molar-refractivity contribution >= 4 is 0 Å². The zero-order valence-electron chi connectivity index (χ0n) is 8.96. The standard InChI is InChI=1S/C12H15FO2/c1-8-6-12(8,7-14)9-3-4-11(15-2)10(13)5-9/h3-5,8,14H,6-7H2,1-2H3. The maximum absolute atomic E-state index is 13.5. The summed E-state index contributed by atoms with van der Waals surface area (Å²) in [6.07, 6.45) is 0.926. The second-order valence-electron chi connectivity index (χ2n) is 4.27. The summed E-state index contributed by atoms with van der Waals surface area (Å²) in [7, 11) is 1.44. The molecule has 1 aromatic carbocycles. The Morgan fingerprint density at radius 1 is 1.60 bits per heavy atom. The summed E-state index contributed by atoms with van der Waals surface area (Å²) in [5.74, 6) is 0.317. The summed E-state index contributed by atoms with van der Waals surface area (Å²) in [4.78, 5) is 0. The van der Waals surface area contributed by atoms with Crippen LogP contribution in [0.15, 0.2) is 18.2 Å². The van der Waals surface area contributed by atoms with Crippen molar-refractivity contribution in [3.8, 4) is 5.75 Å². The van der Waals surface area contributed by atoms with Crippen LogP contribution in [0.25, 0.3) is 0 Å². The zero-order valence-corrected chi connectivity index (χ0v) is 8.96. The highest BCUT2D eigenvalue weighted by Gasteiger charge is 2.51. The number of methoxy groups -OCH3 is 1. The Morgan fingerprint density at radius 3 is 2.67 bits per heavy atom. The van der Waals surface area contributed by atoms with Gasteiger partial charge in [-0.05, 0) is 30.0 Å². The van der Waals surface area contributed by atoms with Gasteiger partial charge in [0.25, 0.3) is 0 Å². The summed E-state index contributed by atoms with van der Waals surface area (Å²) >= 11 is 0. The van der Waals surface area contributed by atoms with E-state index < -0.39 is 0 Å². The Kier molecular flexibility index (Phi) is 2.43. The Labute approximate surface area is 88.7 Å². The van der Waals surface area contributed by atoms with Crippen molar-refractivity contribution in [3.05, 3.63) is 29.6 Å². The van der Waals surface area contributed by atoms with Gasteiger partial charge in [-0.3, -0.25) is 0 Å². The first kappa shape index (κ1) is 10.4. The van der Waals surface area contributed by atoms with Crippen molar-refractivity contribution in [1.82, 2.24) is 0 Å². The van der Waals surface area contributed by atoms with Gasteiger partial charge in [0.1, 0.15) is 0 Å². The van der Waals surface area contributed by atoms with Crippen LogP contribution in [0, 0.1) is 11.7 Å². The number of aliphatic hydroxyl groups excluding tert-OH is 1. The molecule has 0 amide bonds. The maximum atomic E-state index is 13.5. The number of hydrogen-bond acceptors (Lipinski definition) is 2. The lowest BCUT2D eigenvalue weighted by Gasteiger charge is -2.14. The van der Waals surface area contributed by atoms with E-state index in [0.717, 1.165) is 12.0 Å². The number of ether oxygens (including phenoxy) is 1. The summed E-state index contributed by atoms with van der Waals surface area (Å²) in [5.41, 5.74) is 0.656. The lowest BCUT2D eigenvalue weighted by atomic mass is 9.94. The van der Waals surface area contributed by atoms with E-state index in [1.807, 2.05) is 6.07 Å². The minimum Gasteiger partial charge on any atom is -0.494 e. The number of benzene rings is 1. The van der Waals surface area contributed by atoms with Crippen LogP contribution in [0.4, 0.5) is 4.39 Å². The number of halogens is 1. The van der Waals surface area contributed by atoms with Gasteiger partial charge in [0.05, 0.1) is 13.7 Å². The predicted molar refractivity (Wildman–Crippen MR) is 55.5 cm³/mol. The lowest BCUT2D eigenvalue weighted by molar-refractivity contribution is 0.246. The average Bonchev–Trinajstić information content (AvgIpc) is 2.91. The average molecular weight is 210 g/mol. The van der Waals surface area contributed by atoms with Gasteiger partial charge in [0, 0.05) is 5.41 Å². The molecule has 1 aliphatic carbocycles. The molecule has 0 aliphatic heterocycles. The molecule has 1 fully saturated rings. The van der Waals surface area contributed by atoms with Crippen LogP contribution in [0.5, 0.6) is 5.75 Å². The summed E-state index contributed by atoms with van der Waals surface area (Å²) in [6, 6.07) is 4.92. The highest BCUT2D eigenvalue weighted by atomic mass is 19.1. The molecule has 1 saturated carbocycles. The first-order chi connectivity index (χ1) is 7.14. The normalized spacial score (nSPS) is 28.9. The van der Waals surface area contributed by atoms with Crippen molar-refractivity contribution in [2.75, 3.05) is 13.7 Å². The number of aliphatic hydroxyl groups is 1. The van der Waals surface area contributed by atoms with Crippen molar-refractivity contribution in [3.63, 3.8) is 0 Å². The zero-order chi connectivity index (χ0) is 11.1. The van der Waals surface area contributed by atoms with Crippen LogP contribution >= 0.6 is 0 Å². The molecule has 0 radical (unpaired) electrons.